The van der Waals surface area contributed by atoms with Gasteiger partial charge in [-0.15, -0.1) is 0 Å². The third-order valence-electron chi connectivity index (χ3n) is 5.54. The monoisotopic (exact) mass is 413 g/mol. The van der Waals surface area contributed by atoms with E-state index in [9.17, 15) is 9.90 Å². The summed E-state index contributed by atoms with van der Waals surface area (Å²) in [5.74, 6) is 0.818. The molecule has 3 aromatic rings. The van der Waals surface area contributed by atoms with Crippen molar-refractivity contribution in [3.63, 3.8) is 0 Å². The number of imidazole rings is 1. The molecule has 1 unspecified atom stereocenters. The van der Waals surface area contributed by atoms with Crippen LogP contribution in [0.4, 0.5) is 0 Å². The molecule has 4 rings (SSSR count). The molecule has 0 aliphatic carbocycles. The zero-order valence-electron chi connectivity index (χ0n) is 17.6. The van der Waals surface area contributed by atoms with Crippen molar-refractivity contribution in [2.24, 2.45) is 0 Å². The van der Waals surface area contributed by atoms with E-state index in [0.717, 1.165) is 55.4 Å². The van der Waals surface area contributed by atoms with Crippen molar-refractivity contribution in [3.8, 4) is 5.75 Å². The predicted octanol–water partition coefficient (Wildman–Crippen LogP) is 2.32. The van der Waals surface area contributed by atoms with Gasteiger partial charge in [0.25, 0.3) is 0 Å². The number of ether oxygens (including phenoxy) is 1. The number of β-amino-alcohol motifs (C(OH)–C–C–N with tert-alkyl or cyclic N) is 1. The number of para-hydroxylation sites is 3. The van der Waals surface area contributed by atoms with Gasteiger partial charge < -0.3 is 24.8 Å². The van der Waals surface area contributed by atoms with Crippen LogP contribution < -0.4 is 10.4 Å². The first-order valence-corrected chi connectivity index (χ1v) is 10.3. The molecule has 0 spiro atoms. The largest absolute Gasteiger partial charge is 0.491 e. The lowest BCUT2D eigenvalue weighted by molar-refractivity contribution is 0.0557. The van der Waals surface area contributed by atoms with Gasteiger partial charge in [-0.1, -0.05) is 30.3 Å². The standard InChI is InChI=1S/C22H27N3O3.CH4O/c1-16-6-2-5-9-21(16)28-15-18(26)14-24-12-10-17(11-13-24)25-20-8-4-3-7-19(20)23-22(25)27;1-2/h2-9,17-18,26H,10-15H2,1H3,(H,23,27);2H,1H3. The number of likely N-dealkylation sites (tertiary alicyclic amines) is 1. The van der Waals surface area contributed by atoms with Gasteiger partial charge in [0, 0.05) is 32.8 Å². The van der Waals surface area contributed by atoms with E-state index in [-0.39, 0.29) is 18.3 Å². The zero-order chi connectivity index (χ0) is 21.5. The van der Waals surface area contributed by atoms with Crippen molar-refractivity contribution in [2.75, 3.05) is 33.4 Å². The maximum atomic E-state index is 12.4. The Morgan fingerprint density at radius 3 is 2.50 bits per heavy atom. The number of hydrogen-bond acceptors (Lipinski definition) is 5. The van der Waals surface area contributed by atoms with Gasteiger partial charge in [0.2, 0.25) is 0 Å². The number of rotatable bonds is 6. The molecule has 1 saturated heterocycles. The number of aromatic amines is 1. The van der Waals surface area contributed by atoms with Crippen LogP contribution in [-0.2, 0) is 0 Å². The third-order valence-corrected chi connectivity index (χ3v) is 5.54. The van der Waals surface area contributed by atoms with Crippen molar-refractivity contribution in [3.05, 3.63) is 64.6 Å². The molecule has 162 valence electrons. The summed E-state index contributed by atoms with van der Waals surface area (Å²) in [6, 6.07) is 15.9. The summed E-state index contributed by atoms with van der Waals surface area (Å²) in [6.07, 6.45) is 1.26. The van der Waals surface area contributed by atoms with E-state index >= 15 is 0 Å². The van der Waals surface area contributed by atoms with E-state index < -0.39 is 6.10 Å². The molecule has 0 radical (unpaired) electrons. The Labute approximate surface area is 176 Å². The molecule has 0 bridgehead atoms. The molecule has 7 heteroatoms. The van der Waals surface area contributed by atoms with Crippen LogP contribution in [0.2, 0.25) is 0 Å². The molecule has 1 aliphatic rings. The van der Waals surface area contributed by atoms with Crippen LogP contribution in [0.25, 0.3) is 11.0 Å². The number of fused-ring (bicyclic) bond motifs is 1. The van der Waals surface area contributed by atoms with Gasteiger partial charge in [0.15, 0.2) is 0 Å². The lowest BCUT2D eigenvalue weighted by Gasteiger charge is -2.33. The lowest BCUT2D eigenvalue weighted by Crippen LogP contribution is -2.42. The SMILES string of the molecule is CO.Cc1ccccc1OCC(O)CN1CCC(n2c(=O)[nH]c3ccccc32)CC1. The number of piperidine rings is 1. The van der Waals surface area contributed by atoms with E-state index in [2.05, 4.69) is 9.88 Å². The fourth-order valence-corrected chi connectivity index (χ4v) is 4.05. The topological polar surface area (TPSA) is 90.7 Å². The molecule has 0 saturated carbocycles. The molecule has 2 heterocycles. The highest BCUT2D eigenvalue weighted by atomic mass is 16.5. The van der Waals surface area contributed by atoms with Crippen LogP contribution in [0, 0.1) is 6.92 Å². The fourth-order valence-electron chi connectivity index (χ4n) is 4.05. The number of benzene rings is 2. The van der Waals surface area contributed by atoms with Crippen molar-refractivity contribution in [1.29, 1.82) is 0 Å². The number of nitrogens with zero attached hydrogens (tertiary/aromatic N) is 2. The number of aliphatic hydroxyl groups excluding tert-OH is 2. The first-order valence-electron chi connectivity index (χ1n) is 10.3. The summed E-state index contributed by atoms with van der Waals surface area (Å²) in [6.45, 7) is 4.59. The second kappa shape index (κ2) is 10.4. The van der Waals surface area contributed by atoms with Crippen molar-refractivity contribution >= 4 is 11.0 Å². The van der Waals surface area contributed by atoms with Crippen molar-refractivity contribution in [1.82, 2.24) is 14.5 Å². The quantitative estimate of drug-likeness (QED) is 0.577. The summed E-state index contributed by atoms with van der Waals surface area (Å²) < 4.78 is 7.65. The Morgan fingerprint density at radius 1 is 1.10 bits per heavy atom. The van der Waals surface area contributed by atoms with Crippen LogP contribution in [-0.4, -0.2) is 64.1 Å². The van der Waals surface area contributed by atoms with Gasteiger partial charge in [-0.05, 0) is 43.5 Å². The number of aryl methyl sites for hydroxylation is 1. The van der Waals surface area contributed by atoms with Crippen LogP contribution in [0.3, 0.4) is 0 Å². The summed E-state index contributed by atoms with van der Waals surface area (Å²) in [5, 5.41) is 17.4. The summed E-state index contributed by atoms with van der Waals surface area (Å²) in [5.41, 5.74) is 2.89. The van der Waals surface area contributed by atoms with Gasteiger partial charge in [0.05, 0.1) is 11.0 Å². The van der Waals surface area contributed by atoms with Crippen LogP contribution in [0.5, 0.6) is 5.75 Å². The number of H-pyrrole nitrogens is 1. The van der Waals surface area contributed by atoms with Crippen molar-refractivity contribution < 1.29 is 14.9 Å². The Bertz CT molecular complexity index is 989. The van der Waals surface area contributed by atoms with Gasteiger partial charge in [-0.25, -0.2) is 4.79 Å². The normalized spacial score (nSPS) is 16.1. The first kappa shape index (κ1) is 22.1. The summed E-state index contributed by atoms with van der Waals surface area (Å²) in [7, 11) is 1.00. The summed E-state index contributed by atoms with van der Waals surface area (Å²) >= 11 is 0. The molecule has 1 aliphatic heterocycles. The highest BCUT2D eigenvalue weighted by Crippen LogP contribution is 2.25. The second-order valence-corrected chi connectivity index (χ2v) is 7.58. The molecule has 3 N–H and O–H groups in total. The predicted molar refractivity (Wildman–Crippen MR) is 118 cm³/mol. The van der Waals surface area contributed by atoms with Crippen LogP contribution >= 0.6 is 0 Å². The number of aliphatic hydroxyl groups is 2. The minimum absolute atomic E-state index is 0.0358. The molecular formula is C23H31N3O4. The van der Waals surface area contributed by atoms with E-state index in [1.807, 2.05) is 60.0 Å². The maximum Gasteiger partial charge on any atom is 0.326 e. The van der Waals surface area contributed by atoms with Crippen LogP contribution in [0.1, 0.15) is 24.4 Å². The Balaban J connectivity index is 0.00000124. The maximum absolute atomic E-state index is 12.4. The molecular weight excluding hydrogens is 382 g/mol. The number of nitrogens with one attached hydrogen (secondary N) is 1. The molecule has 0 amide bonds. The molecule has 7 nitrogen and oxygen atoms in total. The van der Waals surface area contributed by atoms with E-state index in [4.69, 9.17) is 9.84 Å². The first-order chi connectivity index (χ1) is 14.6. The molecule has 1 atom stereocenters. The minimum Gasteiger partial charge on any atom is -0.491 e. The second-order valence-electron chi connectivity index (χ2n) is 7.58. The highest BCUT2D eigenvalue weighted by molar-refractivity contribution is 5.75. The van der Waals surface area contributed by atoms with Gasteiger partial charge >= 0.3 is 5.69 Å². The van der Waals surface area contributed by atoms with E-state index in [0.29, 0.717) is 6.54 Å². The van der Waals surface area contributed by atoms with Crippen molar-refractivity contribution in [2.45, 2.75) is 31.9 Å². The third kappa shape index (κ3) is 5.11. The molecule has 1 aromatic heterocycles. The average molecular weight is 414 g/mol. The molecule has 1 fully saturated rings. The highest BCUT2D eigenvalue weighted by Gasteiger charge is 2.24. The number of hydrogen-bond donors (Lipinski definition) is 3. The average Bonchev–Trinajstić information content (AvgIpc) is 3.11. The Morgan fingerprint density at radius 2 is 1.77 bits per heavy atom. The molecule has 2 aromatic carbocycles. The zero-order valence-corrected chi connectivity index (χ0v) is 17.6. The fraction of sp³-hybridized carbons (Fsp3) is 0.435. The lowest BCUT2D eigenvalue weighted by atomic mass is 10.0. The van der Waals surface area contributed by atoms with E-state index in [1.54, 1.807) is 0 Å². The Hall–Kier alpha value is -2.61. The van der Waals surface area contributed by atoms with Gasteiger partial charge in [0.1, 0.15) is 18.5 Å². The summed E-state index contributed by atoms with van der Waals surface area (Å²) in [4.78, 5) is 17.6. The van der Waals surface area contributed by atoms with Crippen LogP contribution in [0.15, 0.2) is 53.3 Å². The minimum atomic E-state index is -0.535. The Kier molecular flexibility index (Phi) is 7.68. The molecule has 30 heavy (non-hydrogen) atoms. The van der Waals surface area contributed by atoms with E-state index in [1.165, 1.54) is 0 Å². The van der Waals surface area contributed by atoms with Gasteiger partial charge in [-0.2, -0.15) is 0 Å². The smallest absolute Gasteiger partial charge is 0.326 e. The van der Waals surface area contributed by atoms with Gasteiger partial charge in [-0.3, -0.25) is 4.57 Å². The number of aromatic nitrogens is 2.